The average Bonchev–Trinajstić information content (AvgIpc) is 3.09. The van der Waals surface area contributed by atoms with Crippen molar-refractivity contribution < 1.29 is 0 Å². The van der Waals surface area contributed by atoms with Gasteiger partial charge in [0.2, 0.25) is 11.9 Å². The van der Waals surface area contributed by atoms with Crippen LogP contribution in [0, 0.1) is 6.92 Å². The first-order chi connectivity index (χ1) is 9.28. The fraction of sp³-hybridized carbons (Fsp3) is 0.167. The molecule has 0 fully saturated rings. The number of aryl methyl sites for hydroxylation is 1. The molecule has 7 heteroatoms. The van der Waals surface area contributed by atoms with Crippen molar-refractivity contribution in [3.8, 4) is 16.6 Å². The Balaban J connectivity index is 2.16. The number of hydrogen-bond donors (Lipinski definition) is 1. The van der Waals surface area contributed by atoms with Crippen LogP contribution in [0.25, 0.3) is 16.6 Å². The lowest BCUT2D eigenvalue weighted by atomic mass is 10.3. The third kappa shape index (κ3) is 2.19. The van der Waals surface area contributed by atoms with Gasteiger partial charge in [-0.1, -0.05) is 0 Å². The molecule has 96 valence electrons. The summed E-state index contributed by atoms with van der Waals surface area (Å²) in [6.07, 6.45) is 5.17. The first kappa shape index (κ1) is 11.8. The van der Waals surface area contributed by atoms with Crippen LogP contribution in [0.4, 0.5) is 5.95 Å². The molecule has 0 radical (unpaired) electrons. The van der Waals surface area contributed by atoms with Crippen LogP contribution in [0.1, 0.15) is 5.56 Å². The van der Waals surface area contributed by atoms with E-state index in [-0.39, 0.29) is 0 Å². The molecule has 0 unspecified atom stereocenters. The highest BCUT2D eigenvalue weighted by molar-refractivity contribution is 7.13. The lowest BCUT2D eigenvalue weighted by molar-refractivity contribution is 0.903. The minimum Gasteiger partial charge on any atom is -0.357 e. The van der Waals surface area contributed by atoms with Crippen molar-refractivity contribution in [1.29, 1.82) is 0 Å². The minimum atomic E-state index is 0.543. The maximum Gasteiger partial charge on any atom is 0.240 e. The van der Waals surface area contributed by atoms with E-state index in [1.54, 1.807) is 41.7 Å². The molecule has 6 nitrogen and oxygen atoms in total. The fourth-order valence-corrected chi connectivity index (χ4v) is 2.53. The molecule has 3 aromatic rings. The molecule has 0 amide bonds. The average molecular weight is 272 g/mol. The molecule has 0 aliphatic rings. The Morgan fingerprint density at radius 2 is 2.16 bits per heavy atom. The molecule has 0 atom stereocenters. The Bertz CT molecular complexity index is 688. The van der Waals surface area contributed by atoms with E-state index in [0.29, 0.717) is 17.7 Å². The van der Waals surface area contributed by atoms with Crippen LogP contribution in [0.5, 0.6) is 0 Å². The predicted octanol–water partition coefficient (Wildman–Crippen LogP) is 2.14. The van der Waals surface area contributed by atoms with E-state index in [0.717, 1.165) is 10.4 Å². The van der Waals surface area contributed by atoms with Crippen LogP contribution in [-0.2, 0) is 0 Å². The summed E-state index contributed by atoms with van der Waals surface area (Å²) in [6, 6.07) is 2.06. The molecule has 3 rings (SSSR count). The molecule has 0 bridgehead atoms. The van der Waals surface area contributed by atoms with Crippen molar-refractivity contribution in [3.63, 3.8) is 0 Å². The van der Waals surface area contributed by atoms with Crippen molar-refractivity contribution in [1.82, 2.24) is 24.5 Å². The number of hydrogen-bond acceptors (Lipinski definition) is 6. The monoisotopic (exact) mass is 272 g/mol. The van der Waals surface area contributed by atoms with Gasteiger partial charge in [-0.2, -0.15) is 15.0 Å². The van der Waals surface area contributed by atoms with Crippen molar-refractivity contribution >= 4 is 17.3 Å². The smallest absolute Gasteiger partial charge is 0.240 e. The lowest BCUT2D eigenvalue weighted by Gasteiger charge is -2.06. The number of nitrogens with one attached hydrogen (secondary N) is 1. The van der Waals surface area contributed by atoms with Gasteiger partial charge in [0.25, 0.3) is 0 Å². The standard InChI is InChI=1S/C12H12N6S/c1-8-3-6-19-9(8)10-15-11(13-2)17-12(16-10)18-5-4-14-7-18/h3-7H,1-2H3,(H,13,15,16,17). The van der Waals surface area contributed by atoms with Gasteiger partial charge in [0.05, 0.1) is 4.88 Å². The number of anilines is 1. The van der Waals surface area contributed by atoms with Crippen LogP contribution in [0.3, 0.4) is 0 Å². The molecule has 3 aromatic heterocycles. The Hall–Kier alpha value is -2.28. The van der Waals surface area contributed by atoms with Gasteiger partial charge in [0.15, 0.2) is 5.82 Å². The van der Waals surface area contributed by atoms with E-state index >= 15 is 0 Å². The zero-order chi connectivity index (χ0) is 13.2. The van der Waals surface area contributed by atoms with Gasteiger partial charge in [0.1, 0.15) is 6.33 Å². The van der Waals surface area contributed by atoms with Gasteiger partial charge in [-0.05, 0) is 23.9 Å². The number of aromatic nitrogens is 5. The Morgan fingerprint density at radius 3 is 2.79 bits per heavy atom. The highest BCUT2D eigenvalue weighted by Crippen LogP contribution is 2.26. The first-order valence-electron chi connectivity index (χ1n) is 5.74. The molecule has 19 heavy (non-hydrogen) atoms. The molecule has 0 spiro atoms. The van der Waals surface area contributed by atoms with Gasteiger partial charge in [0, 0.05) is 19.4 Å². The SMILES string of the molecule is CNc1nc(-c2sccc2C)nc(-n2ccnc2)n1. The summed E-state index contributed by atoms with van der Waals surface area (Å²) in [7, 11) is 1.79. The topological polar surface area (TPSA) is 68.5 Å². The third-order valence-corrected chi connectivity index (χ3v) is 3.66. The van der Waals surface area contributed by atoms with E-state index in [4.69, 9.17) is 0 Å². The summed E-state index contributed by atoms with van der Waals surface area (Å²) < 4.78 is 1.76. The van der Waals surface area contributed by atoms with Crippen molar-refractivity contribution in [2.24, 2.45) is 0 Å². The largest absolute Gasteiger partial charge is 0.357 e. The van der Waals surface area contributed by atoms with E-state index in [9.17, 15) is 0 Å². The number of imidazole rings is 1. The molecular formula is C12H12N6S. The fourth-order valence-electron chi connectivity index (χ4n) is 1.67. The molecule has 0 aliphatic heterocycles. The zero-order valence-electron chi connectivity index (χ0n) is 10.5. The van der Waals surface area contributed by atoms with E-state index in [2.05, 4.69) is 31.3 Å². The van der Waals surface area contributed by atoms with Crippen molar-refractivity contribution in [3.05, 3.63) is 35.7 Å². The Labute approximate surface area is 114 Å². The van der Waals surface area contributed by atoms with Crippen molar-refractivity contribution in [2.45, 2.75) is 6.92 Å². The van der Waals surface area contributed by atoms with Crippen LogP contribution < -0.4 is 5.32 Å². The van der Waals surface area contributed by atoms with Gasteiger partial charge in [-0.15, -0.1) is 11.3 Å². The molecule has 0 saturated heterocycles. The van der Waals surface area contributed by atoms with Crippen LogP contribution in [0.15, 0.2) is 30.2 Å². The summed E-state index contributed by atoms with van der Waals surface area (Å²) in [5.74, 6) is 1.77. The maximum atomic E-state index is 4.50. The minimum absolute atomic E-state index is 0.543. The first-order valence-corrected chi connectivity index (χ1v) is 6.62. The van der Waals surface area contributed by atoms with Crippen LogP contribution in [-0.4, -0.2) is 31.6 Å². The van der Waals surface area contributed by atoms with E-state index in [1.165, 1.54) is 0 Å². The lowest BCUT2D eigenvalue weighted by Crippen LogP contribution is -2.06. The van der Waals surface area contributed by atoms with Crippen LogP contribution >= 0.6 is 11.3 Å². The van der Waals surface area contributed by atoms with E-state index < -0.39 is 0 Å². The van der Waals surface area contributed by atoms with Gasteiger partial charge in [-0.3, -0.25) is 4.57 Å². The molecule has 0 aromatic carbocycles. The summed E-state index contributed by atoms with van der Waals surface area (Å²) in [5, 5.41) is 4.99. The summed E-state index contributed by atoms with van der Waals surface area (Å²) in [4.78, 5) is 18.3. The third-order valence-electron chi connectivity index (χ3n) is 2.65. The summed E-state index contributed by atoms with van der Waals surface area (Å²) in [5.41, 5.74) is 1.16. The molecule has 0 saturated carbocycles. The second kappa shape index (κ2) is 4.77. The van der Waals surface area contributed by atoms with Gasteiger partial charge in [-0.25, -0.2) is 4.98 Å². The summed E-state index contributed by atoms with van der Waals surface area (Å²) >= 11 is 1.62. The molecule has 1 N–H and O–H groups in total. The highest BCUT2D eigenvalue weighted by Gasteiger charge is 2.11. The Kier molecular flexibility index (Phi) is 2.96. The number of rotatable bonds is 3. The van der Waals surface area contributed by atoms with E-state index in [1.807, 2.05) is 12.3 Å². The predicted molar refractivity (Wildman–Crippen MR) is 74.5 cm³/mol. The summed E-state index contributed by atoms with van der Waals surface area (Å²) in [6.45, 7) is 2.05. The molecule has 0 aliphatic carbocycles. The molecule has 3 heterocycles. The Morgan fingerprint density at radius 1 is 1.26 bits per heavy atom. The van der Waals surface area contributed by atoms with Gasteiger partial charge >= 0.3 is 0 Å². The quantitative estimate of drug-likeness (QED) is 0.791. The zero-order valence-corrected chi connectivity index (χ0v) is 11.3. The highest BCUT2D eigenvalue weighted by atomic mass is 32.1. The number of thiophene rings is 1. The normalized spacial score (nSPS) is 10.6. The van der Waals surface area contributed by atoms with Gasteiger partial charge < -0.3 is 5.32 Å². The molecular weight excluding hydrogens is 260 g/mol. The number of nitrogens with zero attached hydrogens (tertiary/aromatic N) is 5. The van der Waals surface area contributed by atoms with Crippen LogP contribution in [0.2, 0.25) is 0 Å². The maximum absolute atomic E-state index is 4.50. The second-order valence-electron chi connectivity index (χ2n) is 3.94. The second-order valence-corrected chi connectivity index (χ2v) is 4.85. The van der Waals surface area contributed by atoms with Crippen molar-refractivity contribution in [2.75, 3.05) is 12.4 Å².